The maximum atomic E-state index is 13.8. The largest absolute Gasteiger partial charge is 0.350 e. The van der Waals surface area contributed by atoms with Gasteiger partial charge in [0.1, 0.15) is 0 Å². The molecule has 158 valence electrons. The molecular weight excluding hydrogens is 358 g/mol. The first-order valence-electron chi connectivity index (χ1n) is 11.5. The number of likely N-dealkylation sites (tertiary alicyclic amines) is 1. The second-order valence-electron chi connectivity index (χ2n) is 10.3. The van der Waals surface area contributed by atoms with Crippen molar-refractivity contribution in [1.29, 1.82) is 0 Å². The van der Waals surface area contributed by atoms with Gasteiger partial charge < -0.3 is 5.32 Å². The van der Waals surface area contributed by atoms with Gasteiger partial charge in [-0.1, -0.05) is 58.0 Å². The van der Waals surface area contributed by atoms with Gasteiger partial charge in [0.05, 0.1) is 0 Å². The van der Waals surface area contributed by atoms with Crippen molar-refractivity contribution in [2.24, 2.45) is 34.6 Å². The number of hydrogen-bond donors (Lipinski definition) is 1. The molecule has 0 radical (unpaired) electrons. The van der Waals surface area contributed by atoms with Crippen LogP contribution in [0.1, 0.15) is 52.5 Å². The van der Waals surface area contributed by atoms with Crippen LogP contribution in [-0.4, -0.2) is 41.7 Å². The molecule has 4 heteroatoms. The molecular formula is C25H37N3O. The zero-order valence-corrected chi connectivity index (χ0v) is 18.5. The first-order valence-corrected chi connectivity index (χ1v) is 11.5. The number of aliphatic imine (C=N–C) groups is 1. The van der Waals surface area contributed by atoms with Gasteiger partial charge >= 0.3 is 0 Å². The van der Waals surface area contributed by atoms with E-state index in [0.29, 0.717) is 36.1 Å². The molecule has 1 aromatic carbocycles. The van der Waals surface area contributed by atoms with Gasteiger partial charge in [0.15, 0.2) is 5.54 Å². The number of carbonyl (C=O) groups is 1. The van der Waals surface area contributed by atoms with Gasteiger partial charge in [0.2, 0.25) is 5.91 Å². The van der Waals surface area contributed by atoms with Crippen LogP contribution >= 0.6 is 0 Å². The van der Waals surface area contributed by atoms with Crippen LogP contribution < -0.4 is 5.32 Å². The Morgan fingerprint density at radius 3 is 2.66 bits per heavy atom. The lowest BCUT2D eigenvalue weighted by Gasteiger charge is -2.62. The van der Waals surface area contributed by atoms with Gasteiger partial charge in [0.25, 0.3) is 0 Å². The molecule has 5 unspecified atom stereocenters. The van der Waals surface area contributed by atoms with E-state index in [4.69, 9.17) is 4.99 Å². The van der Waals surface area contributed by atoms with E-state index in [2.05, 4.69) is 56.3 Å². The Kier molecular flexibility index (Phi) is 5.83. The second kappa shape index (κ2) is 8.22. The van der Waals surface area contributed by atoms with E-state index < -0.39 is 5.54 Å². The average molecular weight is 396 g/mol. The lowest BCUT2D eigenvalue weighted by molar-refractivity contribution is -0.145. The van der Waals surface area contributed by atoms with E-state index >= 15 is 0 Å². The molecule has 0 spiro atoms. The van der Waals surface area contributed by atoms with E-state index in [-0.39, 0.29) is 11.9 Å². The molecule has 1 saturated carbocycles. The maximum absolute atomic E-state index is 13.8. The lowest BCUT2D eigenvalue weighted by Crippen LogP contribution is -2.74. The summed E-state index contributed by atoms with van der Waals surface area (Å²) in [7, 11) is 0. The summed E-state index contributed by atoms with van der Waals surface area (Å²) in [6, 6.07) is 10.5. The van der Waals surface area contributed by atoms with Crippen molar-refractivity contribution in [3.05, 3.63) is 35.9 Å². The first kappa shape index (κ1) is 20.6. The van der Waals surface area contributed by atoms with E-state index in [1.54, 1.807) is 0 Å². The highest BCUT2D eigenvalue weighted by Crippen LogP contribution is 2.54. The SMILES string of the molecule is CC(C)CC1C2C=NC3(C(=O)NCc4ccccc4)C(CCN(CC(C)C)C13)C2. The number of nitrogens with zero attached hydrogens (tertiary/aromatic N) is 2. The monoisotopic (exact) mass is 395 g/mol. The van der Waals surface area contributed by atoms with Crippen LogP contribution in [0.25, 0.3) is 0 Å². The first-order chi connectivity index (χ1) is 13.9. The molecule has 5 atom stereocenters. The number of benzene rings is 1. The van der Waals surface area contributed by atoms with Crippen LogP contribution in [0.5, 0.6) is 0 Å². The fourth-order valence-electron chi connectivity index (χ4n) is 6.23. The van der Waals surface area contributed by atoms with E-state index in [1.165, 1.54) is 6.42 Å². The van der Waals surface area contributed by atoms with Crippen LogP contribution in [0, 0.1) is 29.6 Å². The van der Waals surface area contributed by atoms with Crippen LogP contribution in [0.3, 0.4) is 0 Å². The molecule has 1 aliphatic carbocycles. The van der Waals surface area contributed by atoms with Crippen LogP contribution in [0.4, 0.5) is 0 Å². The van der Waals surface area contributed by atoms with Crippen molar-refractivity contribution >= 4 is 12.1 Å². The van der Waals surface area contributed by atoms with Crippen molar-refractivity contribution < 1.29 is 4.79 Å². The third-order valence-electron chi connectivity index (χ3n) is 7.23. The van der Waals surface area contributed by atoms with Crippen LogP contribution in [0.2, 0.25) is 0 Å². The number of carbonyl (C=O) groups excluding carboxylic acids is 1. The van der Waals surface area contributed by atoms with Crippen molar-refractivity contribution in [1.82, 2.24) is 10.2 Å². The molecule has 29 heavy (non-hydrogen) atoms. The van der Waals surface area contributed by atoms with E-state index in [0.717, 1.165) is 31.5 Å². The molecule has 3 aliphatic heterocycles. The summed E-state index contributed by atoms with van der Waals surface area (Å²) in [6.45, 7) is 12.0. The van der Waals surface area contributed by atoms with Gasteiger partial charge in [-0.05, 0) is 61.0 Å². The summed E-state index contributed by atoms with van der Waals surface area (Å²) in [5.41, 5.74) is 0.546. The molecule has 5 rings (SSSR count). The predicted octanol–water partition coefficient (Wildman–Crippen LogP) is 4.15. The Labute approximate surface area is 176 Å². The number of rotatable bonds is 7. The van der Waals surface area contributed by atoms with Crippen molar-refractivity contribution in [3.8, 4) is 0 Å². The van der Waals surface area contributed by atoms with E-state index in [1.807, 2.05) is 18.2 Å². The number of piperidine rings is 1. The minimum Gasteiger partial charge on any atom is -0.350 e. The zero-order valence-electron chi connectivity index (χ0n) is 18.5. The zero-order chi connectivity index (χ0) is 20.6. The van der Waals surface area contributed by atoms with Gasteiger partial charge in [-0.15, -0.1) is 0 Å². The Morgan fingerprint density at radius 2 is 1.97 bits per heavy atom. The fourth-order valence-corrected chi connectivity index (χ4v) is 6.23. The molecule has 4 bridgehead atoms. The summed E-state index contributed by atoms with van der Waals surface area (Å²) >= 11 is 0. The second-order valence-corrected chi connectivity index (χ2v) is 10.3. The molecule has 2 fully saturated rings. The molecule has 0 aromatic heterocycles. The highest BCUT2D eigenvalue weighted by Gasteiger charge is 2.64. The van der Waals surface area contributed by atoms with E-state index in [9.17, 15) is 4.79 Å². The molecule has 1 saturated heterocycles. The quantitative estimate of drug-likeness (QED) is 0.754. The highest BCUT2D eigenvalue weighted by atomic mass is 16.2. The average Bonchev–Trinajstić information content (AvgIpc) is 2.70. The smallest absolute Gasteiger partial charge is 0.250 e. The van der Waals surface area contributed by atoms with Gasteiger partial charge in [-0.3, -0.25) is 14.7 Å². The third kappa shape index (κ3) is 3.76. The minimum absolute atomic E-state index is 0.146. The Bertz CT molecular complexity index is 744. The molecule has 1 N–H and O–H groups in total. The Morgan fingerprint density at radius 1 is 1.21 bits per heavy atom. The fraction of sp³-hybridized carbons (Fsp3) is 0.680. The molecule has 1 aromatic rings. The number of nitrogens with one attached hydrogen (secondary N) is 1. The van der Waals surface area contributed by atoms with Crippen LogP contribution in [0.15, 0.2) is 35.3 Å². The van der Waals surface area contributed by atoms with Crippen molar-refractivity contribution in [3.63, 3.8) is 0 Å². The molecule has 1 amide bonds. The molecule has 4 nitrogen and oxygen atoms in total. The lowest BCUT2D eigenvalue weighted by atomic mass is 9.54. The minimum atomic E-state index is -0.601. The van der Waals surface area contributed by atoms with Crippen LogP contribution in [-0.2, 0) is 11.3 Å². The normalized spacial score (nSPS) is 33.4. The predicted molar refractivity (Wildman–Crippen MR) is 119 cm³/mol. The Hall–Kier alpha value is -1.68. The summed E-state index contributed by atoms with van der Waals surface area (Å²) in [5, 5.41) is 3.28. The summed E-state index contributed by atoms with van der Waals surface area (Å²) in [4.78, 5) is 21.5. The van der Waals surface area contributed by atoms with Crippen molar-refractivity contribution in [2.45, 2.75) is 65.1 Å². The summed E-state index contributed by atoms with van der Waals surface area (Å²) in [5.74, 6) is 2.83. The number of hydrogen-bond acceptors (Lipinski definition) is 3. The van der Waals surface area contributed by atoms with Gasteiger partial charge in [0, 0.05) is 25.3 Å². The topological polar surface area (TPSA) is 44.7 Å². The summed E-state index contributed by atoms with van der Waals surface area (Å²) in [6.07, 6.45) is 5.55. The van der Waals surface area contributed by atoms with Gasteiger partial charge in [-0.2, -0.15) is 0 Å². The highest BCUT2D eigenvalue weighted by molar-refractivity contribution is 5.91. The molecule has 4 aliphatic rings. The Balaban J connectivity index is 1.65. The van der Waals surface area contributed by atoms with Gasteiger partial charge in [-0.25, -0.2) is 0 Å². The molecule has 3 heterocycles. The third-order valence-corrected chi connectivity index (χ3v) is 7.23. The standard InChI is InChI=1S/C25H37N3O/c1-17(2)12-22-20-13-21-10-11-28(16-18(3)4)23(22)25(21,27-15-20)24(29)26-14-19-8-6-5-7-9-19/h5-9,15,17-18,20-23H,10-14,16H2,1-4H3,(H,26,29). The summed E-state index contributed by atoms with van der Waals surface area (Å²) < 4.78 is 0. The van der Waals surface area contributed by atoms with Crippen molar-refractivity contribution in [2.75, 3.05) is 13.1 Å². The maximum Gasteiger partial charge on any atom is 0.250 e. The number of amides is 1.